The Morgan fingerprint density at radius 2 is 1.71 bits per heavy atom. The second kappa shape index (κ2) is 10.9. The Morgan fingerprint density at radius 1 is 0.971 bits per heavy atom. The molecule has 1 fully saturated rings. The Bertz CT molecular complexity index is 1220. The zero-order chi connectivity index (χ0) is 24.8. The molecule has 1 unspecified atom stereocenters. The summed E-state index contributed by atoms with van der Waals surface area (Å²) in [6.45, 7) is 5.16. The van der Waals surface area contributed by atoms with E-state index in [1.165, 1.54) is 4.90 Å². The van der Waals surface area contributed by atoms with Crippen LogP contribution >= 0.6 is 0 Å². The zero-order valence-electron chi connectivity index (χ0n) is 19.8. The summed E-state index contributed by atoms with van der Waals surface area (Å²) in [5, 5.41) is 11.3. The number of aliphatic hydroxyl groups is 1. The van der Waals surface area contributed by atoms with Gasteiger partial charge in [0, 0.05) is 24.5 Å². The van der Waals surface area contributed by atoms with Gasteiger partial charge in [0.05, 0.1) is 24.8 Å². The smallest absolute Gasteiger partial charge is 0.295 e. The van der Waals surface area contributed by atoms with Crippen LogP contribution in [0, 0.1) is 0 Å². The Morgan fingerprint density at radius 3 is 2.40 bits per heavy atom. The number of aliphatic hydroxyl groups excluding tert-OH is 1. The van der Waals surface area contributed by atoms with Crippen LogP contribution in [0.25, 0.3) is 5.76 Å². The highest BCUT2D eigenvalue weighted by Gasteiger charge is 2.46. The lowest BCUT2D eigenvalue weighted by Gasteiger charge is -2.25. The van der Waals surface area contributed by atoms with E-state index in [-0.39, 0.29) is 17.9 Å². The number of carbonyl (C=O) groups excluding carboxylic acids is 2. The number of Topliss-reactive ketones (excluding diaryl/α,β-unsaturated/α-hetero) is 1. The first-order valence-corrected chi connectivity index (χ1v) is 11.7. The molecule has 0 spiro atoms. The number of ether oxygens (including phenoxy) is 2. The molecule has 35 heavy (non-hydrogen) atoms. The zero-order valence-corrected chi connectivity index (χ0v) is 19.8. The van der Waals surface area contributed by atoms with E-state index in [1.807, 2.05) is 32.0 Å². The molecule has 1 aliphatic heterocycles. The van der Waals surface area contributed by atoms with Crippen molar-refractivity contribution in [2.24, 2.45) is 0 Å². The molecule has 1 aromatic heterocycles. The highest BCUT2D eigenvalue weighted by molar-refractivity contribution is 6.46. The van der Waals surface area contributed by atoms with Gasteiger partial charge >= 0.3 is 0 Å². The van der Waals surface area contributed by atoms with E-state index >= 15 is 0 Å². The van der Waals surface area contributed by atoms with E-state index in [9.17, 15) is 14.7 Å². The molecule has 1 atom stereocenters. The third kappa shape index (κ3) is 5.19. The quantitative estimate of drug-likeness (QED) is 0.271. The SMILES string of the molecule is CCCOc1ccc(/C(O)=C2\C(=O)C(=O)N(Cc3ccncc3)C2c2cccc(OCC)c2)cc1. The van der Waals surface area contributed by atoms with Crippen LogP contribution in [0.2, 0.25) is 0 Å². The molecule has 7 nitrogen and oxygen atoms in total. The van der Waals surface area contributed by atoms with E-state index in [0.717, 1.165) is 12.0 Å². The highest BCUT2D eigenvalue weighted by atomic mass is 16.5. The molecule has 0 saturated carbocycles. The summed E-state index contributed by atoms with van der Waals surface area (Å²) in [6.07, 6.45) is 4.15. The second-order valence-corrected chi connectivity index (χ2v) is 8.16. The van der Waals surface area contributed by atoms with Crippen LogP contribution in [0.5, 0.6) is 11.5 Å². The van der Waals surface area contributed by atoms with E-state index in [2.05, 4.69) is 4.98 Å². The minimum absolute atomic E-state index is 0.0416. The lowest BCUT2D eigenvalue weighted by molar-refractivity contribution is -0.140. The highest BCUT2D eigenvalue weighted by Crippen LogP contribution is 2.41. The van der Waals surface area contributed by atoms with E-state index < -0.39 is 17.7 Å². The molecule has 3 aromatic rings. The predicted octanol–water partition coefficient (Wildman–Crippen LogP) is 4.89. The first kappa shape index (κ1) is 24.0. The molecule has 2 aromatic carbocycles. The van der Waals surface area contributed by atoms with Gasteiger partial charge in [-0.15, -0.1) is 0 Å². The van der Waals surface area contributed by atoms with Gasteiger partial charge in [0.1, 0.15) is 17.3 Å². The number of hydrogen-bond donors (Lipinski definition) is 1. The van der Waals surface area contributed by atoms with Gasteiger partial charge in [-0.2, -0.15) is 0 Å². The van der Waals surface area contributed by atoms with Crippen molar-refractivity contribution in [3.05, 3.63) is 95.3 Å². The van der Waals surface area contributed by atoms with Gasteiger partial charge in [-0.25, -0.2) is 0 Å². The summed E-state index contributed by atoms with van der Waals surface area (Å²) in [7, 11) is 0. The third-order valence-electron chi connectivity index (χ3n) is 5.73. The van der Waals surface area contributed by atoms with Crippen LogP contribution in [0.4, 0.5) is 0 Å². The van der Waals surface area contributed by atoms with Crippen molar-refractivity contribution in [2.75, 3.05) is 13.2 Å². The first-order valence-electron chi connectivity index (χ1n) is 11.7. The number of hydrogen-bond acceptors (Lipinski definition) is 6. The van der Waals surface area contributed by atoms with Gasteiger partial charge < -0.3 is 19.5 Å². The fraction of sp³-hybridized carbons (Fsp3) is 0.250. The van der Waals surface area contributed by atoms with Gasteiger partial charge in [0.15, 0.2) is 0 Å². The molecule has 1 aliphatic rings. The number of pyridine rings is 1. The van der Waals surface area contributed by atoms with Gasteiger partial charge in [0.2, 0.25) is 0 Å². The molecular weight excluding hydrogens is 444 g/mol. The van der Waals surface area contributed by atoms with Gasteiger partial charge in [-0.1, -0.05) is 19.1 Å². The van der Waals surface area contributed by atoms with Crippen molar-refractivity contribution in [3.8, 4) is 11.5 Å². The van der Waals surface area contributed by atoms with Crippen molar-refractivity contribution in [3.63, 3.8) is 0 Å². The van der Waals surface area contributed by atoms with Crippen molar-refractivity contribution in [1.29, 1.82) is 0 Å². The molecule has 1 N–H and O–H groups in total. The van der Waals surface area contributed by atoms with Crippen LogP contribution in [0.3, 0.4) is 0 Å². The number of rotatable bonds is 9. The van der Waals surface area contributed by atoms with E-state index in [0.29, 0.717) is 35.8 Å². The van der Waals surface area contributed by atoms with Crippen LogP contribution < -0.4 is 9.47 Å². The molecule has 0 aliphatic carbocycles. The number of benzene rings is 2. The molecule has 180 valence electrons. The normalized spacial score (nSPS) is 17.0. The summed E-state index contributed by atoms with van der Waals surface area (Å²) in [5.74, 6) is -0.332. The monoisotopic (exact) mass is 472 g/mol. The van der Waals surface area contributed by atoms with Crippen LogP contribution in [-0.2, 0) is 16.1 Å². The van der Waals surface area contributed by atoms with E-state index in [4.69, 9.17) is 9.47 Å². The Hall–Kier alpha value is -4.13. The number of likely N-dealkylation sites (tertiary alicyclic amines) is 1. The van der Waals surface area contributed by atoms with Crippen LogP contribution in [0.15, 0.2) is 78.6 Å². The molecule has 0 radical (unpaired) electrons. The van der Waals surface area contributed by atoms with Crippen molar-refractivity contribution >= 4 is 17.4 Å². The summed E-state index contributed by atoms with van der Waals surface area (Å²) in [5.41, 5.74) is 1.97. The molecule has 4 rings (SSSR count). The van der Waals surface area contributed by atoms with Crippen LogP contribution in [0.1, 0.15) is 43.0 Å². The first-order chi connectivity index (χ1) is 17.0. The second-order valence-electron chi connectivity index (χ2n) is 8.16. The van der Waals surface area contributed by atoms with Gasteiger partial charge in [0.25, 0.3) is 11.7 Å². The average molecular weight is 473 g/mol. The Kier molecular flexibility index (Phi) is 7.45. The van der Waals surface area contributed by atoms with Gasteiger partial charge in [-0.05, 0) is 73.0 Å². The van der Waals surface area contributed by atoms with Crippen molar-refractivity contribution in [1.82, 2.24) is 9.88 Å². The minimum Gasteiger partial charge on any atom is -0.507 e. The molecule has 0 bridgehead atoms. The van der Waals surface area contributed by atoms with Crippen molar-refractivity contribution in [2.45, 2.75) is 32.9 Å². The minimum atomic E-state index is -0.778. The summed E-state index contributed by atoms with van der Waals surface area (Å²) >= 11 is 0. The summed E-state index contributed by atoms with van der Waals surface area (Å²) in [4.78, 5) is 31.9. The summed E-state index contributed by atoms with van der Waals surface area (Å²) in [6, 6.07) is 16.9. The number of nitrogens with zero attached hydrogens (tertiary/aromatic N) is 2. The molecular formula is C28H28N2O5. The third-order valence-corrected chi connectivity index (χ3v) is 5.73. The fourth-order valence-electron chi connectivity index (χ4n) is 4.10. The molecule has 7 heteroatoms. The lowest BCUT2D eigenvalue weighted by Crippen LogP contribution is -2.29. The maximum Gasteiger partial charge on any atom is 0.295 e. The number of ketones is 1. The number of aromatic nitrogens is 1. The Balaban J connectivity index is 1.79. The maximum absolute atomic E-state index is 13.2. The van der Waals surface area contributed by atoms with Crippen molar-refractivity contribution < 1.29 is 24.2 Å². The van der Waals surface area contributed by atoms with Gasteiger partial charge in [-0.3, -0.25) is 14.6 Å². The topological polar surface area (TPSA) is 89.0 Å². The summed E-state index contributed by atoms with van der Waals surface area (Å²) < 4.78 is 11.3. The maximum atomic E-state index is 13.2. The average Bonchev–Trinajstić information content (AvgIpc) is 3.13. The largest absolute Gasteiger partial charge is 0.507 e. The molecule has 2 heterocycles. The number of amides is 1. The Labute approximate surface area is 204 Å². The fourth-order valence-corrected chi connectivity index (χ4v) is 4.10. The number of carbonyl (C=O) groups is 2. The predicted molar refractivity (Wildman–Crippen MR) is 132 cm³/mol. The van der Waals surface area contributed by atoms with E-state index in [1.54, 1.807) is 54.9 Å². The lowest BCUT2D eigenvalue weighted by atomic mass is 9.95. The molecule has 1 amide bonds. The standard InChI is InChI=1S/C28H28N2O5/c1-3-16-35-22-10-8-20(9-11-22)26(31)24-25(21-6-5-7-23(17-21)34-4-2)30(28(33)27(24)32)18-19-12-14-29-15-13-19/h5-15,17,25,31H,3-4,16,18H2,1-2H3/b26-24+. The molecule has 1 saturated heterocycles. The van der Waals surface area contributed by atoms with Crippen LogP contribution in [-0.4, -0.2) is 39.9 Å².